The number of carbonyl (C=O) groups is 1. The van der Waals surface area contributed by atoms with Gasteiger partial charge in [0.05, 0.1) is 19.7 Å². The highest BCUT2D eigenvalue weighted by Gasteiger charge is 2.17. The number of unbranched alkanes of at least 4 members (excludes halogenated alkanes) is 1. The lowest BCUT2D eigenvalue weighted by Gasteiger charge is -2.19. The van der Waals surface area contributed by atoms with Crippen molar-refractivity contribution >= 4 is 22.8 Å². The van der Waals surface area contributed by atoms with Crippen LogP contribution in [0.25, 0.3) is 22.0 Å². The maximum atomic E-state index is 11.9. The lowest BCUT2D eigenvalue weighted by molar-refractivity contribution is 0.0527. The van der Waals surface area contributed by atoms with Crippen LogP contribution < -0.4 is 20.1 Å². The van der Waals surface area contributed by atoms with Crippen LogP contribution in [0.1, 0.15) is 39.2 Å². The molecule has 206 valence electrons. The highest BCUT2D eigenvalue weighted by molar-refractivity contribution is 6.03. The summed E-state index contributed by atoms with van der Waals surface area (Å²) in [6, 6.07) is 18.1. The molecule has 4 rings (SSSR count). The normalized spacial score (nSPS) is 11.3. The summed E-state index contributed by atoms with van der Waals surface area (Å²) in [5, 5.41) is 7.45. The molecule has 2 aromatic carbocycles. The number of fused-ring (bicyclic) bond motifs is 1. The molecule has 0 atom stereocenters. The first-order chi connectivity index (χ1) is 18.8. The fourth-order valence-corrected chi connectivity index (χ4v) is 4.42. The van der Waals surface area contributed by atoms with Crippen molar-refractivity contribution in [2.75, 3.05) is 26.1 Å². The number of benzene rings is 2. The van der Waals surface area contributed by atoms with Crippen molar-refractivity contribution in [3.63, 3.8) is 0 Å². The first kappa shape index (κ1) is 27.8. The van der Waals surface area contributed by atoms with Gasteiger partial charge in [-0.2, -0.15) is 0 Å². The monoisotopic (exact) mass is 530 g/mol. The Morgan fingerprint density at radius 2 is 1.74 bits per heavy atom. The number of amides is 1. The van der Waals surface area contributed by atoms with E-state index in [0.29, 0.717) is 13.1 Å². The molecule has 4 aromatic rings. The van der Waals surface area contributed by atoms with E-state index in [1.165, 1.54) is 0 Å². The number of carbonyl (C=O) groups excluding carboxylic acids is 1. The van der Waals surface area contributed by atoms with Crippen LogP contribution in [0.5, 0.6) is 11.5 Å². The van der Waals surface area contributed by atoms with Gasteiger partial charge in [0.25, 0.3) is 0 Å². The molecule has 8 heteroatoms. The lowest BCUT2D eigenvalue weighted by atomic mass is 10.0. The molecule has 0 aliphatic heterocycles. The molecule has 0 spiro atoms. The third kappa shape index (κ3) is 7.44. The van der Waals surface area contributed by atoms with E-state index in [1.54, 1.807) is 14.2 Å². The minimum Gasteiger partial charge on any atom is -0.497 e. The molecule has 0 saturated carbocycles. The number of anilines is 1. The molecule has 0 aliphatic rings. The predicted octanol–water partition coefficient (Wildman–Crippen LogP) is 6.64. The lowest BCUT2D eigenvalue weighted by Crippen LogP contribution is -2.33. The average Bonchev–Trinajstić information content (AvgIpc) is 3.30. The maximum absolute atomic E-state index is 11.9. The SMILES string of the molecule is COc1ccc(CNc2nccc3c2c(-c2cccc(OC)c2)cn3CCCCNC(=O)OC(C)(C)C)cc1. The Bertz CT molecular complexity index is 1390. The smallest absolute Gasteiger partial charge is 0.407 e. The molecule has 1 amide bonds. The molecule has 0 bridgehead atoms. The van der Waals surface area contributed by atoms with Crippen molar-refractivity contribution in [2.24, 2.45) is 0 Å². The van der Waals surface area contributed by atoms with Crippen molar-refractivity contribution < 1.29 is 19.0 Å². The summed E-state index contributed by atoms with van der Waals surface area (Å²) in [5.41, 5.74) is 3.87. The van der Waals surface area contributed by atoms with Gasteiger partial charge >= 0.3 is 6.09 Å². The molecule has 2 aromatic heterocycles. The summed E-state index contributed by atoms with van der Waals surface area (Å²) in [5.74, 6) is 2.46. The number of hydrogen-bond donors (Lipinski definition) is 2. The molecule has 0 unspecified atom stereocenters. The molecule has 0 radical (unpaired) electrons. The summed E-state index contributed by atoms with van der Waals surface area (Å²) < 4.78 is 18.4. The van der Waals surface area contributed by atoms with Crippen LogP contribution in [-0.4, -0.2) is 42.0 Å². The van der Waals surface area contributed by atoms with E-state index in [4.69, 9.17) is 19.2 Å². The minimum atomic E-state index is -0.502. The van der Waals surface area contributed by atoms with Crippen LogP contribution in [-0.2, 0) is 17.8 Å². The van der Waals surface area contributed by atoms with E-state index in [0.717, 1.165) is 64.3 Å². The third-order valence-corrected chi connectivity index (χ3v) is 6.29. The molecular weight excluding hydrogens is 492 g/mol. The van der Waals surface area contributed by atoms with Crippen LogP contribution in [0.15, 0.2) is 67.0 Å². The van der Waals surface area contributed by atoms with Gasteiger partial charge < -0.3 is 29.4 Å². The van der Waals surface area contributed by atoms with Crippen LogP contribution >= 0.6 is 0 Å². The van der Waals surface area contributed by atoms with Crippen LogP contribution in [0.3, 0.4) is 0 Å². The first-order valence-corrected chi connectivity index (χ1v) is 13.2. The van der Waals surface area contributed by atoms with Crippen molar-refractivity contribution in [1.82, 2.24) is 14.9 Å². The Hall–Kier alpha value is -4.20. The van der Waals surface area contributed by atoms with Crippen molar-refractivity contribution in [3.8, 4) is 22.6 Å². The third-order valence-electron chi connectivity index (χ3n) is 6.29. The molecule has 39 heavy (non-hydrogen) atoms. The predicted molar refractivity (Wildman–Crippen MR) is 156 cm³/mol. The standard InChI is InChI=1S/C31H38N4O4/c1-31(2,3)39-30(36)33-16-6-7-18-35-21-26(23-9-8-10-25(19-23)38-5)28-27(35)15-17-32-29(28)34-20-22-11-13-24(37-4)14-12-22/h8-15,17,19,21H,6-7,16,18,20H2,1-5H3,(H,32,34)(H,33,36). The van der Waals surface area contributed by atoms with Crippen molar-refractivity contribution in [1.29, 1.82) is 0 Å². The van der Waals surface area contributed by atoms with Gasteiger partial charge in [0.15, 0.2) is 0 Å². The second-order valence-electron chi connectivity index (χ2n) is 10.4. The number of nitrogens with one attached hydrogen (secondary N) is 2. The van der Waals surface area contributed by atoms with E-state index < -0.39 is 5.60 Å². The number of ether oxygens (including phenoxy) is 3. The Morgan fingerprint density at radius 1 is 0.974 bits per heavy atom. The Morgan fingerprint density at radius 3 is 2.46 bits per heavy atom. The molecule has 0 aliphatic carbocycles. The minimum absolute atomic E-state index is 0.382. The van der Waals surface area contributed by atoms with E-state index in [1.807, 2.05) is 69.4 Å². The second kappa shape index (κ2) is 12.6. The number of aryl methyl sites for hydroxylation is 1. The molecule has 2 heterocycles. The fraction of sp³-hybridized carbons (Fsp3) is 0.355. The fourth-order valence-electron chi connectivity index (χ4n) is 4.42. The molecular formula is C31H38N4O4. The number of aromatic nitrogens is 2. The molecule has 0 saturated heterocycles. The van der Waals surface area contributed by atoms with Crippen LogP contribution in [0.2, 0.25) is 0 Å². The summed E-state index contributed by atoms with van der Waals surface area (Å²) in [7, 11) is 3.34. The molecule has 8 nitrogen and oxygen atoms in total. The zero-order chi connectivity index (χ0) is 27.8. The first-order valence-electron chi connectivity index (χ1n) is 13.2. The van der Waals surface area contributed by atoms with Gasteiger partial charge in [0.2, 0.25) is 0 Å². The zero-order valence-electron chi connectivity index (χ0n) is 23.4. The Balaban J connectivity index is 1.55. The number of methoxy groups -OCH3 is 2. The number of alkyl carbamates (subject to hydrolysis) is 1. The van der Waals surface area contributed by atoms with Crippen LogP contribution in [0.4, 0.5) is 10.6 Å². The van der Waals surface area contributed by atoms with Gasteiger partial charge in [-0.25, -0.2) is 9.78 Å². The largest absolute Gasteiger partial charge is 0.497 e. The highest BCUT2D eigenvalue weighted by Crippen LogP contribution is 2.36. The van der Waals surface area contributed by atoms with E-state index >= 15 is 0 Å². The summed E-state index contributed by atoms with van der Waals surface area (Å²) >= 11 is 0. The topological polar surface area (TPSA) is 86.6 Å². The van der Waals surface area contributed by atoms with Crippen LogP contribution in [0, 0.1) is 0 Å². The van der Waals surface area contributed by atoms with Gasteiger partial charge in [0, 0.05) is 43.0 Å². The van der Waals surface area contributed by atoms with E-state index in [2.05, 4.69) is 33.5 Å². The van der Waals surface area contributed by atoms with Gasteiger partial charge in [-0.05, 0) is 75.1 Å². The quantitative estimate of drug-likeness (QED) is 0.212. The van der Waals surface area contributed by atoms with Gasteiger partial charge in [-0.1, -0.05) is 24.3 Å². The molecule has 2 N–H and O–H groups in total. The maximum Gasteiger partial charge on any atom is 0.407 e. The number of nitrogens with zero attached hydrogens (tertiary/aromatic N) is 2. The van der Waals surface area contributed by atoms with Gasteiger partial charge in [-0.15, -0.1) is 0 Å². The van der Waals surface area contributed by atoms with E-state index in [9.17, 15) is 4.79 Å². The van der Waals surface area contributed by atoms with Gasteiger partial charge in [-0.3, -0.25) is 0 Å². The number of hydrogen-bond acceptors (Lipinski definition) is 6. The highest BCUT2D eigenvalue weighted by atomic mass is 16.6. The van der Waals surface area contributed by atoms with Crippen molar-refractivity contribution in [2.45, 2.75) is 52.3 Å². The second-order valence-corrected chi connectivity index (χ2v) is 10.4. The molecule has 0 fully saturated rings. The Labute approximate surface area is 230 Å². The average molecular weight is 531 g/mol. The number of pyridine rings is 1. The summed E-state index contributed by atoms with van der Waals surface area (Å²) in [4.78, 5) is 16.7. The van der Waals surface area contributed by atoms with E-state index in [-0.39, 0.29) is 6.09 Å². The van der Waals surface area contributed by atoms with Crippen molar-refractivity contribution in [3.05, 3.63) is 72.6 Å². The van der Waals surface area contributed by atoms with Gasteiger partial charge in [0.1, 0.15) is 22.9 Å². The Kier molecular flexibility index (Phi) is 8.96. The summed E-state index contributed by atoms with van der Waals surface area (Å²) in [6.07, 6.45) is 5.37. The zero-order valence-corrected chi connectivity index (χ0v) is 23.4. The number of rotatable bonds is 11. The summed E-state index contributed by atoms with van der Waals surface area (Å²) in [6.45, 7) is 7.58.